The number of anilines is 2. The van der Waals surface area contributed by atoms with Gasteiger partial charge in [0, 0.05) is 6.54 Å². The number of nitrogens with one attached hydrogen (secondary N) is 1. The lowest BCUT2D eigenvalue weighted by Crippen LogP contribution is -2.06. The summed E-state index contributed by atoms with van der Waals surface area (Å²) in [7, 11) is 1.55. The molecule has 0 aliphatic rings. The van der Waals surface area contributed by atoms with Crippen molar-refractivity contribution < 1.29 is 4.74 Å². The Morgan fingerprint density at radius 3 is 2.89 bits per heavy atom. The van der Waals surface area contributed by atoms with Crippen molar-refractivity contribution in [2.75, 3.05) is 18.2 Å². The summed E-state index contributed by atoms with van der Waals surface area (Å²) in [6.07, 6.45) is 1.41. The van der Waals surface area contributed by atoms with Crippen LogP contribution in [-0.4, -0.2) is 17.1 Å². The molecule has 3 N–H and O–H groups in total. The van der Waals surface area contributed by atoms with Crippen LogP contribution >= 0.6 is 0 Å². The highest BCUT2D eigenvalue weighted by Crippen LogP contribution is 2.26. The maximum absolute atomic E-state index is 5.71. The van der Waals surface area contributed by atoms with Crippen LogP contribution in [0, 0.1) is 6.92 Å². The van der Waals surface area contributed by atoms with Gasteiger partial charge in [0.1, 0.15) is 6.33 Å². The summed E-state index contributed by atoms with van der Waals surface area (Å²) in [6, 6.07) is 8.26. The Morgan fingerprint density at radius 1 is 1.33 bits per heavy atom. The van der Waals surface area contributed by atoms with Crippen molar-refractivity contribution >= 4 is 11.6 Å². The maximum Gasteiger partial charge on any atom is 0.203 e. The van der Waals surface area contributed by atoms with Gasteiger partial charge in [0.2, 0.25) is 5.75 Å². The fourth-order valence-corrected chi connectivity index (χ4v) is 1.72. The molecule has 0 fully saturated rings. The number of ether oxygens (including phenoxy) is 1. The highest BCUT2D eigenvalue weighted by atomic mass is 16.5. The van der Waals surface area contributed by atoms with Crippen molar-refractivity contribution in [3.05, 3.63) is 41.7 Å². The number of hydrogen-bond acceptors (Lipinski definition) is 5. The van der Waals surface area contributed by atoms with E-state index in [-0.39, 0.29) is 0 Å². The van der Waals surface area contributed by atoms with Crippen LogP contribution in [-0.2, 0) is 6.54 Å². The van der Waals surface area contributed by atoms with Gasteiger partial charge in [-0.05, 0) is 12.5 Å². The lowest BCUT2D eigenvalue weighted by atomic mass is 10.1. The van der Waals surface area contributed by atoms with Crippen molar-refractivity contribution in [3.8, 4) is 5.75 Å². The van der Waals surface area contributed by atoms with Gasteiger partial charge in [-0.2, -0.15) is 0 Å². The van der Waals surface area contributed by atoms with Gasteiger partial charge in [-0.25, -0.2) is 9.97 Å². The van der Waals surface area contributed by atoms with E-state index in [1.807, 2.05) is 6.07 Å². The SMILES string of the molecule is COc1c(N)ncnc1NCc1cccc(C)c1. The quantitative estimate of drug-likeness (QED) is 0.860. The standard InChI is InChI=1S/C13H16N4O/c1-9-4-3-5-10(6-9)7-15-13-11(18-2)12(14)16-8-17-13/h3-6,8H,7H2,1-2H3,(H3,14,15,16,17). The van der Waals surface area contributed by atoms with E-state index in [4.69, 9.17) is 10.5 Å². The van der Waals surface area contributed by atoms with E-state index in [9.17, 15) is 0 Å². The zero-order chi connectivity index (χ0) is 13.0. The smallest absolute Gasteiger partial charge is 0.203 e. The molecule has 0 saturated heterocycles. The fourth-order valence-electron chi connectivity index (χ4n) is 1.72. The van der Waals surface area contributed by atoms with Gasteiger partial charge >= 0.3 is 0 Å². The second-order valence-corrected chi connectivity index (χ2v) is 3.98. The molecule has 0 amide bonds. The molecule has 1 aromatic heterocycles. The monoisotopic (exact) mass is 244 g/mol. The predicted octanol–water partition coefficient (Wildman–Crippen LogP) is 1.99. The van der Waals surface area contributed by atoms with Crippen LogP contribution < -0.4 is 15.8 Å². The average Bonchev–Trinajstić information content (AvgIpc) is 2.36. The summed E-state index contributed by atoms with van der Waals surface area (Å²) < 4.78 is 5.18. The minimum absolute atomic E-state index is 0.333. The summed E-state index contributed by atoms with van der Waals surface area (Å²) >= 11 is 0. The van der Waals surface area contributed by atoms with Crippen LogP contribution in [0.15, 0.2) is 30.6 Å². The number of rotatable bonds is 4. The topological polar surface area (TPSA) is 73.1 Å². The summed E-state index contributed by atoms with van der Waals surface area (Å²) in [4.78, 5) is 8.00. The minimum Gasteiger partial charge on any atom is -0.490 e. The molecule has 2 rings (SSSR count). The molecule has 0 aliphatic heterocycles. The van der Waals surface area contributed by atoms with Crippen molar-refractivity contribution in [1.29, 1.82) is 0 Å². The van der Waals surface area contributed by atoms with E-state index in [0.29, 0.717) is 23.9 Å². The van der Waals surface area contributed by atoms with Crippen molar-refractivity contribution in [2.45, 2.75) is 13.5 Å². The molecule has 0 bridgehead atoms. The molecule has 94 valence electrons. The van der Waals surface area contributed by atoms with Crippen molar-refractivity contribution in [3.63, 3.8) is 0 Å². The molecular formula is C13H16N4O. The molecule has 18 heavy (non-hydrogen) atoms. The third-order valence-corrected chi connectivity index (χ3v) is 2.58. The summed E-state index contributed by atoms with van der Waals surface area (Å²) in [6.45, 7) is 2.72. The number of methoxy groups -OCH3 is 1. The Labute approximate surface area is 106 Å². The zero-order valence-electron chi connectivity index (χ0n) is 10.5. The molecule has 0 unspecified atom stereocenters. The third-order valence-electron chi connectivity index (χ3n) is 2.58. The van der Waals surface area contributed by atoms with E-state index in [0.717, 1.165) is 0 Å². The van der Waals surface area contributed by atoms with Crippen LogP contribution in [0.2, 0.25) is 0 Å². The summed E-state index contributed by atoms with van der Waals surface area (Å²) in [5, 5.41) is 3.19. The third kappa shape index (κ3) is 2.68. The molecule has 2 aromatic rings. The Bertz CT molecular complexity index is 542. The number of benzene rings is 1. The van der Waals surface area contributed by atoms with E-state index in [1.54, 1.807) is 7.11 Å². The first-order chi connectivity index (χ1) is 8.70. The second kappa shape index (κ2) is 5.35. The number of nitrogens with two attached hydrogens (primary N) is 1. The molecule has 0 aliphatic carbocycles. The number of aryl methyl sites for hydroxylation is 1. The van der Waals surface area contributed by atoms with Gasteiger partial charge in [0.05, 0.1) is 7.11 Å². The first kappa shape index (κ1) is 12.2. The molecule has 0 saturated carbocycles. The van der Waals surface area contributed by atoms with E-state index in [2.05, 4.69) is 40.4 Å². The molecule has 0 spiro atoms. The number of aromatic nitrogens is 2. The van der Waals surface area contributed by atoms with Gasteiger partial charge < -0.3 is 15.8 Å². The van der Waals surface area contributed by atoms with E-state index >= 15 is 0 Å². The van der Waals surface area contributed by atoms with Gasteiger partial charge in [-0.1, -0.05) is 29.8 Å². The Kier molecular flexibility index (Phi) is 3.62. The lowest BCUT2D eigenvalue weighted by molar-refractivity contribution is 0.415. The van der Waals surface area contributed by atoms with E-state index < -0.39 is 0 Å². The molecule has 5 nitrogen and oxygen atoms in total. The first-order valence-corrected chi connectivity index (χ1v) is 5.64. The highest BCUT2D eigenvalue weighted by molar-refractivity contribution is 5.61. The summed E-state index contributed by atoms with van der Waals surface area (Å²) in [5.74, 6) is 1.41. The Hall–Kier alpha value is -2.30. The molecular weight excluding hydrogens is 228 g/mol. The lowest BCUT2D eigenvalue weighted by Gasteiger charge is -2.11. The number of nitrogens with zero attached hydrogens (tertiary/aromatic N) is 2. The van der Waals surface area contributed by atoms with E-state index in [1.165, 1.54) is 17.5 Å². The van der Waals surface area contributed by atoms with Crippen molar-refractivity contribution in [1.82, 2.24) is 9.97 Å². The van der Waals surface area contributed by atoms with Crippen LogP contribution in [0.25, 0.3) is 0 Å². The second-order valence-electron chi connectivity index (χ2n) is 3.98. The van der Waals surface area contributed by atoms with Crippen LogP contribution in [0.3, 0.4) is 0 Å². The normalized spacial score (nSPS) is 10.1. The summed E-state index contributed by atoms with van der Waals surface area (Å²) in [5.41, 5.74) is 8.11. The number of nitrogen functional groups attached to an aromatic ring is 1. The Morgan fingerprint density at radius 2 is 2.17 bits per heavy atom. The largest absolute Gasteiger partial charge is 0.490 e. The van der Waals surface area contributed by atoms with Crippen LogP contribution in [0.5, 0.6) is 5.75 Å². The zero-order valence-corrected chi connectivity index (χ0v) is 10.5. The Balaban J connectivity index is 2.13. The molecule has 0 radical (unpaired) electrons. The van der Waals surface area contributed by atoms with Gasteiger partial charge in [-0.15, -0.1) is 0 Å². The molecule has 0 atom stereocenters. The predicted molar refractivity (Wildman–Crippen MR) is 71.5 cm³/mol. The van der Waals surface area contributed by atoms with Gasteiger partial charge in [0.15, 0.2) is 11.6 Å². The van der Waals surface area contributed by atoms with Crippen molar-refractivity contribution in [2.24, 2.45) is 0 Å². The van der Waals surface area contributed by atoms with Crippen LogP contribution in [0.1, 0.15) is 11.1 Å². The molecule has 5 heteroatoms. The molecule has 1 aromatic carbocycles. The average molecular weight is 244 g/mol. The fraction of sp³-hybridized carbons (Fsp3) is 0.231. The number of hydrogen-bond donors (Lipinski definition) is 2. The first-order valence-electron chi connectivity index (χ1n) is 5.64. The maximum atomic E-state index is 5.71. The minimum atomic E-state index is 0.333. The highest BCUT2D eigenvalue weighted by Gasteiger charge is 2.08. The van der Waals surface area contributed by atoms with Gasteiger partial charge in [0.25, 0.3) is 0 Å². The van der Waals surface area contributed by atoms with Crippen LogP contribution in [0.4, 0.5) is 11.6 Å². The van der Waals surface area contributed by atoms with Gasteiger partial charge in [-0.3, -0.25) is 0 Å². The molecule has 1 heterocycles.